The Morgan fingerprint density at radius 2 is 0.906 bits per heavy atom. The van der Waals surface area contributed by atoms with Crippen LogP contribution in [0.15, 0.2) is 233 Å². The van der Waals surface area contributed by atoms with E-state index in [1.54, 1.807) is 0 Å². The zero-order chi connectivity index (χ0) is 42.6. The molecule has 3 heteroatoms. The second-order valence-electron chi connectivity index (χ2n) is 16.4. The summed E-state index contributed by atoms with van der Waals surface area (Å²) in [6.45, 7) is 2.01. The number of fused-ring (bicyclic) bond motifs is 10. The summed E-state index contributed by atoms with van der Waals surface area (Å²) in [6, 6.07) is 74.2. The van der Waals surface area contributed by atoms with E-state index in [-0.39, 0.29) is 0 Å². The number of furan rings is 2. The van der Waals surface area contributed by atoms with Gasteiger partial charge in [-0.05, 0) is 122 Å². The topological polar surface area (TPSA) is 29.5 Å². The first kappa shape index (κ1) is 37.4. The van der Waals surface area contributed by atoms with E-state index in [2.05, 4.69) is 199 Å². The maximum Gasteiger partial charge on any atom is 0.143 e. The predicted molar refractivity (Wildman–Crippen MR) is 271 cm³/mol. The van der Waals surface area contributed by atoms with E-state index in [1.807, 2.05) is 43.4 Å². The smallest absolute Gasteiger partial charge is 0.143 e. The molecule has 0 aliphatic rings. The summed E-state index contributed by atoms with van der Waals surface area (Å²) in [5.41, 5.74) is 12.5. The zero-order valence-electron chi connectivity index (χ0n) is 35.2. The predicted octanol–water partition coefficient (Wildman–Crippen LogP) is 17.9. The van der Waals surface area contributed by atoms with E-state index < -0.39 is 0 Å². The lowest BCUT2D eigenvalue weighted by molar-refractivity contribution is 0.605. The molecule has 2 heterocycles. The third kappa shape index (κ3) is 6.37. The molecular weight excluding hydrogens is 779 g/mol. The molecule has 0 aliphatic heterocycles. The van der Waals surface area contributed by atoms with E-state index >= 15 is 0 Å². The van der Waals surface area contributed by atoms with Gasteiger partial charge in [-0.15, -0.1) is 0 Å². The van der Waals surface area contributed by atoms with Crippen LogP contribution in [0.25, 0.3) is 105 Å². The van der Waals surface area contributed by atoms with Gasteiger partial charge in [0, 0.05) is 44.3 Å². The van der Waals surface area contributed by atoms with Crippen LogP contribution in [-0.2, 0) is 0 Å². The number of rotatable bonds is 8. The minimum atomic E-state index is 0.830. The van der Waals surface area contributed by atoms with Gasteiger partial charge in [0.25, 0.3) is 0 Å². The number of anilines is 3. The minimum Gasteiger partial charge on any atom is -0.456 e. The lowest BCUT2D eigenvalue weighted by Gasteiger charge is -2.26. The zero-order valence-corrected chi connectivity index (χ0v) is 35.2. The largest absolute Gasteiger partial charge is 0.456 e. The van der Waals surface area contributed by atoms with Gasteiger partial charge in [0.2, 0.25) is 0 Å². The fourth-order valence-electron chi connectivity index (χ4n) is 9.57. The van der Waals surface area contributed by atoms with Crippen LogP contribution in [0.5, 0.6) is 0 Å². The normalized spacial score (nSPS) is 12.0. The minimum absolute atomic E-state index is 0.830. The SMILES string of the molecule is C/C=C\C=C/c1cc2cccc(-c3ccc(N(c4ccc(-c5cccc6c5oc5ccccc56)cc4)c4cccc(-c5ccc6c7ccccc7c7ccccc7c6c5)c4)cc3)c2o1. The second-order valence-corrected chi connectivity index (χ2v) is 16.4. The molecule has 64 heavy (non-hydrogen) atoms. The highest BCUT2D eigenvalue weighted by atomic mass is 16.3. The molecule has 0 spiro atoms. The van der Waals surface area contributed by atoms with E-state index in [9.17, 15) is 0 Å². The monoisotopic (exact) mass is 819 g/mol. The van der Waals surface area contributed by atoms with E-state index in [0.29, 0.717) is 0 Å². The molecule has 2 aromatic heterocycles. The van der Waals surface area contributed by atoms with Crippen molar-refractivity contribution in [2.45, 2.75) is 6.92 Å². The van der Waals surface area contributed by atoms with E-state index in [1.165, 1.54) is 37.9 Å². The first-order valence-electron chi connectivity index (χ1n) is 21.9. The van der Waals surface area contributed by atoms with E-state index in [0.717, 1.165) is 83.5 Å². The lowest BCUT2D eigenvalue weighted by Crippen LogP contribution is -2.10. The summed E-state index contributed by atoms with van der Waals surface area (Å²) in [5, 5.41) is 10.9. The molecule has 0 radical (unpaired) electrons. The molecule has 0 amide bonds. The Hall–Kier alpha value is -8.40. The van der Waals surface area contributed by atoms with Gasteiger partial charge in [-0.3, -0.25) is 0 Å². The summed E-state index contributed by atoms with van der Waals surface area (Å²) in [7, 11) is 0. The van der Waals surface area contributed by atoms with E-state index in [4.69, 9.17) is 8.83 Å². The highest BCUT2D eigenvalue weighted by molar-refractivity contribution is 6.25. The molecular formula is C61H41NO2. The summed E-state index contributed by atoms with van der Waals surface area (Å²) >= 11 is 0. The van der Waals surface area contributed by atoms with Crippen molar-refractivity contribution in [1.82, 2.24) is 0 Å². The third-order valence-corrected chi connectivity index (χ3v) is 12.6. The summed E-state index contributed by atoms with van der Waals surface area (Å²) in [4.78, 5) is 2.35. The van der Waals surface area contributed by atoms with Gasteiger partial charge in [0.1, 0.15) is 22.5 Å². The Kier molecular flexibility index (Phi) is 9.05. The van der Waals surface area contributed by atoms with Gasteiger partial charge >= 0.3 is 0 Å². The van der Waals surface area contributed by atoms with Gasteiger partial charge in [-0.1, -0.05) is 170 Å². The fraction of sp³-hybridized carbons (Fsp3) is 0.0164. The average molecular weight is 820 g/mol. The maximum atomic E-state index is 6.46. The van der Waals surface area contributed by atoms with Gasteiger partial charge in [0.05, 0.1) is 0 Å². The van der Waals surface area contributed by atoms with Crippen molar-refractivity contribution in [1.29, 1.82) is 0 Å². The van der Waals surface area contributed by atoms with Gasteiger partial charge in [0.15, 0.2) is 0 Å². The molecule has 0 N–H and O–H groups in total. The van der Waals surface area contributed by atoms with Crippen LogP contribution in [0.3, 0.4) is 0 Å². The first-order chi connectivity index (χ1) is 31.7. The molecule has 0 saturated heterocycles. The summed E-state index contributed by atoms with van der Waals surface area (Å²) in [6.07, 6.45) is 8.03. The molecule has 0 fully saturated rings. The quantitative estimate of drug-likeness (QED) is 0.113. The van der Waals surface area contributed by atoms with Crippen LogP contribution >= 0.6 is 0 Å². The number of para-hydroxylation sites is 3. The number of nitrogens with zero attached hydrogens (tertiary/aromatic N) is 1. The van der Waals surface area contributed by atoms with Crippen molar-refractivity contribution in [3.63, 3.8) is 0 Å². The Morgan fingerprint density at radius 1 is 0.359 bits per heavy atom. The van der Waals surface area contributed by atoms with Crippen molar-refractivity contribution in [3.05, 3.63) is 230 Å². The van der Waals surface area contributed by atoms with Crippen molar-refractivity contribution >= 4 is 88.4 Å². The second kappa shape index (κ2) is 15.5. The molecule has 0 aliphatic carbocycles. The summed E-state index contributed by atoms with van der Waals surface area (Å²) in [5.74, 6) is 0.830. The molecule has 12 rings (SSSR count). The molecule has 0 saturated carbocycles. The molecule has 302 valence electrons. The van der Waals surface area contributed by atoms with Gasteiger partial charge in [-0.2, -0.15) is 0 Å². The fourth-order valence-corrected chi connectivity index (χ4v) is 9.57. The van der Waals surface area contributed by atoms with Crippen LogP contribution in [0.1, 0.15) is 12.7 Å². The van der Waals surface area contributed by atoms with Crippen molar-refractivity contribution in [2.75, 3.05) is 4.90 Å². The molecule has 0 bridgehead atoms. The third-order valence-electron chi connectivity index (χ3n) is 12.6. The van der Waals surface area contributed by atoms with Gasteiger partial charge in [-0.25, -0.2) is 0 Å². The van der Waals surface area contributed by atoms with Crippen molar-refractivity contribution in [3.8, 4) is 33.4 Å². The van der Waals surface area contributed by atoms with Crippen LogP contribution in [0, 0.1) is 0 Å². The Balaban J connectivity index is 0.972. The molecule has 12 aromatic rings. The lowest BCUT2D eigenvalue weighted by atomic mass is 9.92. The average Bonchev–Trinajstić information content (AvgIpc) is 3.96. The van der Waals surface area contributed by atoms with Crippen LogP contribution < -0.4 is 4.90 Å². The highest BCUT2D eigenvalue weighted by Crippen LogP contribution is 2.42. The Labute approximate surface area is 371 Å². The van der Waals surface area contributed by atoms with Gasteiger partial charge < -0.3 is 13.7 Å². The number of hydrogen-bond donors (Lipinski definition) is 0. The molecule has 3 nitrogen and oxygen atoms in total. The van der Waals surface area contributed by atoms with Crippen LogP contribution in [-0.4, -0.2) is 0 Å². The Bertz CT molecular complexity index is 3750. The van der Waals surface area contributed by atoms with Crippen LogP contribution in [0.2, 0.25) is 0 Å². The highest BCUT2D eigenvalue weighted by Gasteiger charge is 2.18. The van der Waals surface area contributed by atoms with Crippen molar-refractivity contribution < 1.29 is 8.83 Å². The maximum absolute atomic E-state index is 6.46. The molecule has 0 unspecified atom stereocenters. The van der Waals surface area contributed by atoms with Crippen LogP contribution in [0.4, 0.5) is 17.1 Å². The number of hydrogen-bond acceptors (Lipinski definition) is 3. The standard InChI is InChI=1S/C61H41NO2/c1-2-3-4-17-48-38-44-15-12-23-49(60(44)63-48)40-27-32-45(33-28-40)62(46-34-29-41(30-35-46)50-24-13-25-57-56-22-9-10-26-59(56)64-61(50)57)47-16-11-14-42(37-47)43-31-36-55-53-20-6-5-18-51(53)52-19-7-8-21-54(52)58(55)39-43/h2-39H,1H3/b3-2-,17-4-. The van der Waals surface area contributed by atoms with Crippen molar-refractivity contribution in [2.24, 2.45) is 0 Å². The number of allylic oxidation sites excluding steroid dienone is 3. The number of benzene rings is 10. The molecule has 10 aromatic carbocycles. The first-order valence-corrected chi connectivity index (χ1v) is 21.9. The summed E-state index contributed by atoms with van der Waals surface area (Å²) < 4.78 is 12.9. The molecule has 0 atom stereocenters. The Morgan fingerprint density at radius 3 is 1.59 bits per heavy atom.